The lowest BCUT2D eigenvalue weighted by Crippen LogP contribution is -2.20. The predicted octanol–water partition coefficient (Wildman–Crippen LogP) is 4.44. The summed E-state index contributed by atoms with van der Waals surface area (Å²) in [5.41, 5.74) is 0. The number of halogens is 1. The summed E-state index contributed by atoms with van der Waals surface area (Å²) in [5, 5.41) is 0. The number of hydrogen-bond acceptors (Lipinski definition) is 0. The second-order valence-electron chi connectivity index (χ2n) is 4.70. The molecule has 0 aromatic carbocycles. The normalized spacial score (nSPS) is 18.7. The summed E-state index contributed by atoms with van der Waals surface area (Å²) in [7, 11) is 0. The van der Waals surface area contributed by atoms with E-state index in [-0.39, 0.29) is 5.92 Å². The van der Waals surface area contributed by atoms with Gasteiger partial charge in [0.2, 0.25) is 0 Å². The largest absolute Gasteiger partial charge is 0.247 e. The second-order valence-corrected chi connectivity index (χ2v) is 4.70. The lowest BCUT2D eigenvalue weighted by Gasteiger charge is -2.24. The summed E-state index contributed by atoms with van der Waals surface area (Å²) in [5.74, 6) is 1.54. The summed E-state index contributed by atoms with van der Waals surface area (Å²) in [4.78, 5) is 0. The molecule has 3 atom stereocenters. The Morgan fingerprint density at radius 1 is 1.00 bits per heavy atom. The third-order valence-corrected chi connectivity index (χ3v) is 2.99. The zero-order valence-electron chi connectivity index (χ0n) is 9.81. The fourth-order valence-electron chi connectivity index (χ4n) is 1.99. The number of rotatable bonds is 6. The first-order valence-corrected chi connectivity index (χ1v) is 5.63. The van der Waals surface area contributed by atoms with Crippen LogP contribution in [0.2, 0.25) is 0 Å². The molecule has 0 bridgehead atoms. The average molecular weight is 188 g/mol. The molecule has 0 saturated carbocycles. The molecule has 1 heteroatoms. The van der Waals surface area contributed by atoms with Crippen molar-refractivity contribution < 1.29 is 4.39 Å². The molecular weight excluding hydrogens is 163 g/mol. The molecule has 0 aromatic heterocycles. The Hall–Kier alpha value is -0.0700. The fraction of sp³-hybridized carbons (Fsp3) is 1.00. The van der Waals surface area contributed by atoms with Crippen LogP contribution in [0, 0.1) is 17.8 Å². The van der Waals surface area contributed by atoms with Crippen LogP contribution >= 0.6 is 0 Å². The standard InChI is InChI=1S/C12H25F/c1-6-12(11(5)13)10(4)8-7-9(2)3/h9-12H,6-8H2,1-5H3. The molecule has 0 aromatic rings. The molecule has 0 rings (SSSR count). The van der Waals surface area contributed by atoms with Gasteiger partial charge in [-0.15, -0.1) is 0 Å². The SMILES string of the molecule is CCC(C(C)F)C(C)CCC(C)C. The van der Waals surface area contributed by atoms with Crippen molar-refractivity contribution in [1.82, 2.24) is 0 Å². The van der Waals surface area contributed by atoms with Crippen LogP contribution in [-0.2, 0) is 0 Å². The van der Waals surface area contributed by atoms with Gasteiger partial charge < -0.3 is 0 Å². The van der Waals surface area contributed by atoms with E-state index in [1.54, 1.807) is 6.92 Å². The highest BCUT2D eigenvalue weighted by atomic mass is 19.1. The minimum atomic E-state index is -0.646. The minimum Gasteiger partial charge on any atom is -0.247 e. The third kappa shape index (κ3) is 5.28. The van der Waals surface area contributed by atoms with Crippen LogP contribution in [0.3, 0.4) is 0 Å². The second kappa shape index (κ2) is 6.39. The predicted molar refractivity (Wildman–Crippen MR) is 57.6 cm³/mol. The molecule has 80 valence electrons. The van der Waals surface area contributed by atoms with Crippen molar-refractivity contribution in [2.75, 3.05) is 0 Å². The zero-order chi connectivity index (χ0) is 10.4. The van der Waals surface area contributed by atoms with Crippen LogP contribution in [0.25, 0.3) is 0 Å². The Balaban J connectivity index is 3.84. The van der Waals surface area contributed by atoms with Gasteiger partial charge in [-0.1, -0.05) is 47.0 Å². The van der Waals surface area contributed by atoms with Gasteiger partial charge in [-0.05, 0) is 24.7 Å². The summed E-state index contributed by atoms with van der Waals surface area (Å²) in [6, 6.07) is 0. The van der Waals surface area contributed by atoms with Gasteiger partial charge in [0, 0.05) is 0 Å². The fourth-order valence-corrected chi connectivity index (χ4v) is 1.99. The molecule has 0 aliphatic carbocycles. The zero-order valence-corrected chi connectivity index (χ0v) is 9.81. The molecule has 0 amide bonds. The first-order chi connectivity index (χ1) is 5.99. The molecule has 0 heterocycles. The molecule has 0 spiro atoms. The lowest BCUT2D eigenvalue weighted by atomic mass is 9.84. The van der Waals surface area contributed by atoms with Gasteiger partial charge in [0.25, 0.3) is 0 Å². The molecule has 0 radical (unpaired) electrons. The van der Waals surface area contributed by atoms with Gasteiger partial charge in [0.05, 0.1) is 0 Å². The summed E-state index contributed by atoms with van der Waals surface area (Å²) in [6.45, 7) is 10.4. The van der Waals surface area contributed by atoms with E-state index in [4.69, 9.17) is 0 Å². The maximum atomic E-state index is 13.1. The molecule has 0 N–H and O–H groups in total. The van der Waals surface area contributed by atoms with Crippen LogP contribution in [0.5, 0.6) is 0 Å². The van der Waals surface area contributed by atoms with E-state index in [0.29, 0.717) is 5.92 Å². The van der Waals surface area contributed by atoms with Crippen LogP contribution < -0.4 is 0 Å². The van der Waals surface area contributed by atoms with Crippen molar-refractivity contribution in [3.63, 3.8) is 0 Å². The highest BCUT2D eigenvalue weighted by Gasteiger charge is 2.21. The molecule has 0 aliphatic heterocycles. The van der Waals surface area contributed by atoms with Crippen molar-refractivity contribution in [1.29, 1.82) is 0 Å². The molecular formula is C12H25F. The van der Waals surface area contributed by atoms with E-state index in [1.807, 2.05) is 0 Å². The van der Waals surface area contributed by atoms with Crippen LogP contribution in [-0.4, -0.2) is 6.17 Å². The smallest absolute Gasteiger partial charge is 0.100 e. The monoisotopic (exact) mass is 188 g/mol. The van der Waals surface area contributed by atoms with Gasteiger partial charge in [-0.2, -0.15) is 0 Å². The third-order valence-electron chi connectivity index (χ3n) is 2.99. The van der Waals surface area contributed by atoms with Gasteiger partial charge in [-0.3, -0.25) is 0 Å². The Kier molecular flexibility index (Phi) is 6.36. The molecule has 0 aliphatic rings. The summed E-state index contributed by atoms with van der Waals surface area (Å²) >= 11 is 0. The summed E-state index contributed by atoms with van der Waals surface area (Å²) in [6.07, 6.45) is 2.72. The number of hydrogen-bond donors (Lipinski definition) is 0. The first-order valence-electron chi connectivity index (χ1n) is 5.63. The Labute approximate surface area is 82.9 Å². The summed E-state index contributed by atoms with van der Waals surface area (Å²) < 4.78 is 13.1. The Morgan fingerprint density at radius 2 is 1.54 bits per heavy atom. The van der Waals surface area contributed by atoms with E-state index >= 15 is 0 Å². The van der Waals surface area contributed by atoms with Crippen LogP contribution in [0.15, 0.2) is 0 Å². The molecule has 0 fully saturated rings. The van der Waals surface area contributed by atoms with Gasteiger partial charge in [0.15, 0.2) is 0 Å². The van der Waals surface area contributed by atoms with Crippen molar-refractivity contribution >= 4 is 0 Å². The molecule has 0 nitrogen and oxygen atoms in total. The van der Waals surface area contributed by atoms with E-state index in [0.717, 1.165) is 12.3 Å². The Bertz CT molecular complexity index is 118. The average Bonchev–Trinajstić information content (AvgIpc) is 2.01. The van der Waals surface area contributed by atoms with Gasteiger partial charge in [-0.25, -0.2) is 4.39 Å². The van der Waals surface area contributed by atoms with Gasteiger partial charge in [0.1, 0.15) is 6.17 Å². The van der Waals surface area contributed by atoms with Crippen molar-refractivity contribution in [3.05, 3.63) is 0 Å². The van der Waals surface area contributed by atoms with E-state index in [9.17, 15) is 4.39 Å². The quantitative estimate of drug-likeness (QED) is 0.578. The highest BCUT2D eigenvalue weighted by molar-refractivity contribution is 4.70. The van der Waals surface area contributed by atoms with Crippen molar-refractivity contribution in [2.24, 2.45) is 17.8 Å². The highest BCUT2D eigenvalue weighted by Crippen LogP contribution is 2.26. The van der Waals surface area contributed by atoms with Gasteiger partial charge >= 0.3 is 0 Å². The minimum absolute atomic E-state index is 0.263. The van der Waals surface area contributed by atoms with Crippen molar-refractivity contribution in [3.8, 4) is 0 Å². The lowest BCUT2D eigenvalue weighted by molar-refractivity contribution is 0.171. The Morgan fingerprint density at radius 3 is 1.85 bits per heavy atom. The van der Waals surface area contributed by atoms with E-state index < -0.39 is 6.17 Å². The molecule has 3 unspecified atom stereocenters. The van der Waals surface area contributed by atoms with E-state index in [1.165, 1.54) is 12.8 Å². The topological polar surface area (TPSA) is 0 Å². The van der Waals surface area contributed by atoms with Crippen molar-refractivity contribution in [2.45, 2.75) is 60.1 Å². The van der Waals surface area contributed by atoms with E-state index in [2.05, 4.69) is 27.7 Å². The van der Waals surface area contributed by atoms with Crippen LogP contribution in [0.4, 0.5) is 4.39 Å². The first kappa shape index (κ1) is 12.9. The number of alkyl halides is 1. The maximum absolute atomic E-state index is 13.1. The molecule has 0 saturated heterocycles. The molecule has 13 heavy (non-hydrogen) atoms. The van der Waals surface area contributed by atoms with Crippen LogP contribution in [0.1, 0.15) is 53.9 Å². The maximum Gasteiger partial charge on any atom is 0.100 e.